The monoisotopic (exact) mass is 122 g/mol. The van der Waals surface area contributed by atoms with Crippen LogP contribution in [0, 0.1) is 0 Å². The van der Waals surface area contributed by atoms with E-state index in [0.717, 1.165) is 11.8 Å². The van der Waals surface area contributed by atoms with Gasteiger partial charge in [0.2, 0.25) is 5.12 Å². The molecule has 1 unspecified atom stereocenters. The van der Waals surface area contributed by atoms with Crippen molar-refractivity contribution in [3.63, 3.8) is 0 Å². The van der Waals surface area contributed by atoms with E-state index in [1.165, 1.54) is 6.92 Å². The third kappa shape index (κ3) is 2.62. The zero-order valence-electron chi connectivity index (χ0n) is 4.27. The van der Waals surface area contributed by atoms with Crippen LogP contribution in [0.5, 0.6) is 0 Å². The summed E-state index contributed by atoms with van der Waals surface area (Å²) >= 11 is 0.919. The minimum atomic E-state index is -1.31. The number of alkyl halides is 1. The lowest BCUT2D eigenvalue weighted by atomic mass is 10.5. The van der Waals surface area contributed by atoms with Gasteiger partial charge in [-0.25, -0.2) is 4.39 Å². The van der Waals surface area contributed by atoms with Gasteiger partial charge in [-0.15, -0.1) is 0 Å². The van der Waals surface area contributed by atoms with Crippen LogP contribution in [0.15, 0.2) is 0 Å². The lowest BCUT2D eigenvalue weighted by Crippen LogP contribution is -2.04. The molecule has 3 heteroatoms. The van der Waals surface area contributed by atoms with Crippen LogP contribution in [0.25, 0.3) is 0 Å². The smallest absolute Gasteiger partial charge is 0.222 e. The molecule has 0 saturated heterocycles. The molecule has 0 N–H and O–H groups in total. The molecule has 0 saturated carbocycles. The van der Waals surface area contributed by atoms with Crippen molar-refractivity contribution < 1.29 is 9.18 Å². The summed E-state index contributed by atoms with van der Waals surface area (Å²) in [5.41, 5.74) is 0. The van der Waals surface area contributed by atoms with Gasteiger partial charge in [-0.3, -0.25) is 4.79 Å². The Bertz CT molecular complexity index is 72.1. The molecule has 42 valence electrons. The van der Waals surface area contributed by atoms with E-state index < -0.39 is 11.3 Å². The first-order chi connectivity index (χ1) is 3.18. The third-order valence-electron chi connectivity index (χ3n) is 0.526. The molecule has 0 fully saturated rings. The molecule has 1 atom stereocenters. The molecule has 0 spiro atoms. The fourth-order valence-corrected chi connectivity index (χ4v) is 0.487. The van der Waals surface area contributed by atoms with Crippen molar-refractivity contribution in [3.05, 3.63) is 0 Å². The average molecular weight is 122 g/mol. The second-order valence-corrected chi connectivity index (χ2v) is 1.95. The van der Waals surface area contributed by atoms with E-state index in [9.17, 15) is 9.18 Å². The Balaban J connectivity index is 3.35. The van der Waals surface area contributed by atoms with E-state index in [0.29, 0.717) is 0 Å². The number of hydrogen-bond acceptors (Lipinski definition) is 2. The zero-order valence-corrected chi connectivity index (χ0v) is 5.09. The predicted molar refractivity (Wildman–Crippen MR) is 29.1 cm³/mol. The standard InChI is InChI=1S/C4H7FOS/c1-3(5)4(6)7-2/h3H,1-2H3. The fourth-order valence-electron chi connectivity index (χ4n) is 0.162. The van der Waals surface area contributed by atoms with Crippen molar-refractivity contribution in [1.82, 2.24) is 0 Å². The molecule has 0 amide bonds. The molecule has 0 heterocycles. The summed E-state index contributed by atoms with van der Waals surface area (Å²) in [7, 11) is 0. The molecular weight excluding hydrogens is 115 g/mol. The number of thioether (sulfide) groups is 1. The number of carbonyl (C=O) groups is 1. The van der Waals surface area contributed by atoms with E-state index in [4.69, 9.17) is 0 Å². The van der Waals surface area contributed by atoms with Gasteiger partial charge < -0.3 is 0 Å². The zero-order chi connectivity index (χ0) is 5.86. The third-order valence-corrected chi connectivity index (χ3v) is 1.25. The first-order valence-corrected chi connectivity index (χ1v) is 3.13. The Morgan fingerprint density at radius 3 is 2.29 bits per heavy atom. The second-order valence-electron chi connectivity index (χ2n) is 1.14. The van der Waals surface area contributed by atoms with Crippen LogP contribution < -0.4 is 0 Å². The van der Waals surface area contributed by atoms with Crippen molar-refractivity contribution in [2.75, 3.05) is 6.26 Å². The highest BCUT2D eigenvalue weighted by atomic mass is 32.2. The highest BCUT2D eigenvalue weighted by Crippen LogP contribution is 2.01. The molecule has 0 aliphatic carbocycles. The van der Waals surface area contributed by atoms with Crippen LogP contribution in [0.1, 0.15) is 6.92 Å². The minimum absolute atomic E-state index is 0.403. The van der Waals surface area contributed by atoms with Gasteiger partial charge in [-0.2, -0.15) is 0 Å². The van der Waals surface area contributed by atoms with Crippen molar-refractivity contribution in [3.8, 4) is 0 Å². The Hall–Kier alpha value is -0.0500. The molecule has 0 radical (unpaired) electrons. The molecule has 0 aromatic rings. The Morgan fingerprint density at radius 1 is 1.86 bits per heavy atom. The minimum Gasteiger partial charge on any atom is -0.284 e. The maximum atomic E-state index is 11.7. The van der Waals surface area contributed by atoms with Gasteiger partial charge in [0.25, 0.3) is 0 Å². The molecule has 0 aromatic heterocycles. The van der Waals surface area contributed by atoms with Gasteiger partial charge in [0.1, 0.15) is 0 Å². The van der Waals surface area contributed by atoms with Gasteiger partial charge >= 0.3 is 0 Å². The number of hydrogen-bond donors (Lipinski definition) is 0. The van der Waals surface area contributed by atoms with Crippen LogP contribution in [-0.4, -0.2) is 17.5 Å². The van der Waals surface area contributed by atoms with Gasteiger partial charge in [0, 0.05) is 0 Å². The lowest BCUT2D eigenvalue weighted by molar-refractivity contribution is -0.114. The van der Waals surface area contributed by atoms with Crippen molar-refractivity contribution in [2.24, 2.45) is 0 Å². The summed E-state index contributed by atoms with van der Waals surface area (Å²) < 4.78 is 11.7. The predicted octanol–water partition coefficient (Wildman–Crippen LogP) is 1.23. The highest BCUT2D eigenvalue weighted by Gasteiger charge is 2.06. The fraction of sp³-hybridized carbons (Fsp3) is 0.750. The topological polar surface area (TPSA) is 17.1 Å². The van der Waals surface area contributed by atoms with E-state index in [1.807, 2.05) is 0 Å². The summed E-state index contributed by atoms with van der Waals surface area (Å²) in [5.74, 6) is 0. The van der Waals surface area contributed by atoms with E-state index in [1.54, 1.807) is 6.26 Å². The van der Waals surface area contributed by atoms with E-state index in [2.05, 4.69) is 0 Å². The van der Waals surface area contributed by atoms with Crippen LogP contribution in [0.3, 0.4) is 0 Å². The second kappa shape index (κ2) is 3.02. The number of halogens is 1. The molecule has 0 aliphatic heterocycles. The van der Waals surface area contributed by atoms with Crippen molar-refractivity contribution in [1.29, 1.82) is 0 Å². The molecule has 0 bridgehead atoms. The molecule has 1 nitrogen and oxygen atoms in total. The Kier molecular flexibility index (Phi) is 3.00. The molecular formula is C4H7FOS. The quantitative estimate of drug-likeness (QED) is 0.520. The first-order valence-electron chi connectivity index (χ1n) is 1.90. The number of carbonyl (C=O) groups excluding carboxylic acids is 1. The molecule has 7 heavy (non-hydrogen) atoms. The normalized spacial score (nSPS) is 13.6. The van der Waals surface area contributed by atoms with Crippen molar-refractivity contribution in [2.45, 2.75) is 13.1 Å². The molecule has 0 aromatic carbocycles. The summed E-state index contributed by atoms with van der Waals surface area (Å²) in [5, 5.41) is -0.403. The van der Waals surface area contributed by atoms with Gasteiger partial charge in [-0.05, 0) is 13.2 Å². The number of rotatable bonds is 1. The SMILES string of the molecule is CSC(=O)C(C)F. The van der Waals surface area contributed by atoms with Gasteiger partial charge in [0.05, 0.1) is 0 Å². The largest absolute Gasteiger partial charge is 0.284 e. The van der Waals surface area contributed by atoms with Crippen LogP contribution in [0.2, 0.25) is 0 Å². The Morgan fingerprint density at radius 2 is 2.29 bits per heavy atom. The first kappa shape index (κ1) is 6.95. The van der Waals surface area contributed by atoms with Gasteiger partial charge in [-0.1, -0.05) is 11.8 Å². The van der Waals surface area contributed by atoms with E-state index in [-0.39, 0.29) is 0 Å². The molecule has 0 rings (SSSR count). The van der Waals surface area contributed by atoms with E-state index >= 15 is 0 Å². The molecule has 0 aliphatic rings. The van der Waals surface area contributed by atoms with Crippen LogP contribution in [0.4, 0.5) is 4.39 Å². The summed E-state index contributed by atoms with van der Waals surface area (Å²) in [4.78, 5) is 10.1. The Labute approximate surface area is 46.3 Å². The van der Waals surface area contributed by atoms with Crippen LogP contribution >= 0.6 is 11.8 Å². The lowest BCUT2D eigenvalue weighted by Gasteiger charge is -1.91. The maximum absolute atomic E-state index is 11.7. The summed E-state index contributed by atoms with van der Waals surface area (Å²) in [6, 6.07) is 0. The van der Waals surface area contributed by atoms with Crippen molar-refractivity contribution >= 4 is 16.9 Å². The summed E-state index contributed by atoms with van der Waals surface area (Å²) in [6.07, 6.45) is 0.258. The summed E-state index contributed by atoms with van der Waals surface area (Å²) in [6.45, 7) is 1.23. The van der Waals surface area contributed by atoms with Gasteiger partial charge in [0.15, 0.2) is 6.17 Å². The van der Waals surface area contributed by atoms with Crippen LogP contribution in [-0.2, 0) is 4.79 Å². The highest BCUT2D eigenvalue weighted by molar-refractivity contribution is 8.13. The maximum Gasteiger partial charge on any atom is 0.222 e. The average Bonchev–Trinajstić information content (AvgIpc) is 1.65.